The van der Waals surface area contributed by atoms with Gasteiger partial charge in [0, 0.05) is 16.9 Å². The number of benzene rings is 1. The Bertz CT molecular complexity index is 433. The fourth-order valence-corrected chi connectivity index (χ4v) is 3.48. The Hall–Kier alpha value is -0.540. The van der Waals surface area contributed by atoms with Crippen molar-refractivity contribution in [2.24, 2.45) is 0 Å². The maximum absolute atomic E-state index is 5.82. The van der Waals surface area contributed by atoms with E-state index in [-0.39, 0.29) is 0 Å². The average Bonchev–Trinajstić information content (AvgIpc) is 2.90. The van der Waals surface area contributed by atoms with Crippen LogP contribution in [0.3, 0.4) is 0 Å². The molecule has 1 N–H and O–H groups in total. The van der Waals surface area contributed by atoms with E-state index in [1.807, 2.05) is 0 Å². The molecule has 1 aromatic carbocycles. The summed E-state index contributed by atoms with van der Waals surface area (Å²) in [6.07, 6.45) is 8.67. The highest BCUT2D eigenvalue weighted by Gasteiger charge is 2.19. The summed E-state index contributed by atoms with van der Waals surface area (Å²) in [5, 5.41) is 3.47. The lowest BCUT2D eigenvalue weighted by atomic mass is 9.98. The fourth-order valence-electron chi connectivity index (χ4n) is 2.93. The first-order valence-electron chi connectivity index (χ1n) is 7.86. The number of rotatable bonds is 8. The number of nitrogens with one attached hydrogen (secondary N) is 1. The van der Waals surface area contributed by atoms with Crippen molar-refractivity contribution in [1.29, 1.82) is 0 Å². The Morgan fingerprint density at radius 2 is 2.15 bits per heavy atom. The van der Waals surface area contributed by atoms with Gasteiger partial charge in [-0.05, 0) is 43.1 Å². The highest BCUT2D eigenvalue weighted by atomic mass is 79.9. The zero-order valence-electron chi connectivity index (χ0n) is 12.7. The molecule has 20 heavy (non-hydrogen) atoms. The number of ether oxygens (including phenoxy) is 1. The molecule has 0 radical (unpaired) electrons. The molecular weight excluding hydrogens is 314 g/mol. The second kappa shape index (κ2) is 8.04. The van der Waals surface area contributed by atoms with Gasteiger partial charge in [0.05, 0.1) is 6.61 Å². The van der Waals surface area contributed by atoms with Gasteiger partial charge in [-0.2, -0.15) is 0 Å². The van der Waals surface area contributed by atoms with E-state index >= 15 is 0 Å². The van der Waals surface area contributed by atoms with Crippen LogP contribution in [0.5, 0.6) is 5.75 Å². The van der Waals surface area contributed by atoms with Crippen LogP contribution in [0.1, 0.15) is 50.2 Å². The molecule has 2 nitrogen and oxygen atoms in total. The van der Waals surface area contributed by atoms with Crippen molar-refractivity contribution in [3.8, 4) is 5.75 Å². The molecule has 0 spiro atoms. The smallest absolute Gasteiger partial charge is 0.125 e. The number of unbranched alkanes of at least 4 members (excludes halogenated alkanes) is 3. The summed E-state index contributed by atoms with van der Waals surface area (Å²) < 4.78 is 7.00. The fraction of sp³-hybridized carbons (Fsp3) is 0.647. The Morgan fingerprint density at radius 1 is 1.30 bits per heavy atom. The summed E-state index contributed by atoms with van der Waals surface area (Å²) >= 11 is 3.62. The first-order valence-corrected chi connectivity index (χ1v) is 8.65. The number of hydrogen-bond acceptors (Lipinski definition) is 2. The largest absolute Gasteiger partial charge is 0.493 e. The van der Waals surface area contributed by atoms with Gasteiger partial charge in [0.1, 0.15) is 5.75 Å². The van der Waals surface area contributed by atoms with Crippen LogP contribution in [0.4, 0.5) is 0 Å². The van der Waals surface area contributed by atoms with E-state index in [1.165, 1.54) is 47.7 Å². The van der Waals surface area contributed by atoms with Gasteiger partial charge >= 0.3 is 0 Å². The van der Waals surface area contributed by atoms with Crippen molar-refractivity contribution >= 4 is 15.9 Å². The molecule has 1 heterocycles. The van der Waals surface area contributed by atoms with E-state index in [0.29, 0.717) is 6.04 Å². The normalized spacial score (nSPS) is 14.9. The van der Waals surface area contributed by atoms with E-state index < -0.39 is 0 Å². The molecule has 112 valence electrons. The Kier molecular flexibility index (Phi) is 6.37. The molecule has 0 saturated heterocycles. The molecule has 0 aromatic heterocycles. The van der Waals surface area contributed by atoms with Crippen LogP contribution in [0.25, 0.3) is 0 Å². The van der Waals surface area contributed by atoms with E-state index in [1.54, 1.807) is 0 Å². The van der Waals surface area contributed by atoms with Gasteiger partial charge in [0.25, 0.3) is 0 Å². The zero-order chi connectivity index (χ0) is 14.4. The molecular formula is C17H26BrNO. The second-order valence-electron chi connectivity index (χ2n) is 5.69. The first kappa shape index (κ1) is 15.8. The zero-order valence-corrected chi connectivity index (χ0v) is 14.3. The van der Waals surface area contributed by atoms with Crippen LogP contribution in [0.2, 0.25) is 0 Å². The van der Waals surface area contributed by atoms with Gasteiger partial charge in [-0.25, -0.2) is 0 Å². The van der Waals surface area contributed by atoms with E-state index in [4.69, 9.17) is 4.74 Å². The summed E-state index contributed by atoms with van der Waals surface area (Å²) in [6, 6.07) is 4.97. The standard InChI is InChI=1S/C17H26BrNO/c1-3-4-5-6-7-16(19-2)12-14-11-15(18)10-13-8-9-20-17(13)14/h10-11,16,19H,3-9,12H2,1-2H3. The summed E-state index contributed by atoms with van der Waals surface area (Å²) in [7, 11) is 2.07. The molecule has 0 aliphatic carbocycles. The van der Waals surface area contributed by atoms with Crippen molar-refractivity contribution < 1.29 is 4.74 Å². The van der Waals surface area contributed by atoms with Crippen molar-refractivity contribution in [3.05, 3.63) is 27.7 Å². The summed E-state index contributed by atoms with van der Waals surface area (Å²) in [5.74, 6) is 1.14. The molecule has 0 saturated carbocycles. The molecule has 2 rings (SSSR count). The van der Waals surface area contributed by atoms with Crippen LogP contribution in [-0.2, 0) is 12.8 Å². The molecule has 1 aliphatic rings. The molecule has 1 aromatic rings. The molecule has 0 fully saturated rings. The topological polar surface area (TPSA) is 21.3 Å². The van der Waals surface area contributed by atoms with Crippen LogP contribution < -0.4 is 10.1 Å². The lowest BCUT2D eigenvalue weighted by molar-refractivity contribution is 0.351. The third kappa shape index (κ3) is 4.23. The van der Waals surface area contributed by atoms with E-state index in [2.05, 4.69) is 47.4 Å². The third-order valence-corrected chi connectivity index (χ3v) is 4.56. The maximum atomic E-state index is 5.82. The van der Waals surface area contributed by atoms with Gasteiger partial charge < -0.3 is 10.1 Å². The predicted molar refractivity (Wildman–Crippen MR) is 88.7 cm³/mol. The minimum atomic E-state index is 0.550. The monoisotopic (exact) mass is 339 g/mol. The summed E-state index contributed by atoms with van der Waals surface area (Å²) in [4.78, 5) is 0. The summed E-state index contributed by atoms with van der Waals surface area (Å²) in [6.45, 7) is 3.09. The maximum Gasteiger partial charge on any atom is 0.125 e. The Morgan fingerprint density at radius 3 is 2.90 bits per heavy atom. The van der Waals surface area contributed by atoms with Gasteiger partial charge in [-0.1, -0.05) is 48.5 Å². The number of likely N-dealkylation sites (N-methyl/N-ethyl adjacent to an activating group) is 1. The lowest BCUT2D eigenvalue weighted by Crippen LogP contribution is -2.27. The van der Waals surface area contributed by atoms with Crippen molar-refractivity contribution in [2.75, 3.05) is 13.7 Å². The molecule has 1 aliphatic heterocycles. The lowest BCUT2D eigenvalue weighted by Gasteiger charge is -2.18. The Labute approximate surface area is 131 Å². The second-order valence-corrected chi connectivity index (χ2v) is 6.61. The molecule has 3 heteroatoms. The van der Waals surface area contributed by atoms with E-state index in [0.717, 1.165) is 25.2 Å². The van der Waals surface area contributed by atoms with Gasteiger partial charge in [-0.3, -0.25) is 0 Å². The van der Waals surface area contributed by atoms with Gasteiger partial charge in [-0.15, -0.1) is 0 Å². The highest BCUT2D eigenvalue weighted by molar-refractivity contribution is 9.10. The van der Waals surface area contributed by atoms with Crippen LogP contribution in [0.15, 0.2) is 16.6 Å². The third-order valence-electron chi connectivity index (χ3n) is 4.11. The molecule has 0 amide bonds. The number of halogens is 1. The quantitative estimate of drug-likeness (QED) is 0.704. The SMILES string of the molecule is CCCCCCC(Cc1cc(Br)cc2c1OCC2)NC. The van der Waals surface area contributed by atoms with Gasteiger partial charge in [0.15, 0.2) is 0 Å². The molecule has 0 bridgehead atoms. The minimum Gasteiger partial charge on any atom is -0.493 e. The Balaban J connectivity index is 1.97. The predicted octanol–water partition coefficient (Wildman–Crippen LogP) is 4.48. The average molecular weight is 340 g/mol. The van der Waals surface area contributed by atoms with Crippen LogP contribution >= 0.6 is 15.9 Å². The van der Waals surface area contributed by atoms with Crippen molar-refractivity contribution in [3.63, 3.8) is 0 Å². The van der Waals surface area contributed by atoms with E-state index in [9.17, 15) is 0 Å². The number of fused-ring (bicyclic) bond motifs is 1. The van der Waals surface area contributed by atoms with Crippen LogP contribution in [-0.4, -0.2) is 19.7 Å². The van der Waals surface area contributed by atoms with Crippen LogP contribution in [0, 0.1) is 0 Å². The first-order chi connectivity index (χ1) is 9.74. The van der Waals surface area contributed by atoms with Gasteiger partial charge in [0.2, 0.25) is 0 Å². The minimum absolute atomic E-state index is 0.550. The van der Waals surface area contributed by atoms with Crippen molar-refractivity contribution in [2.45, 2.75) is 57.9 Å². The summed E-state index contributed by atoms with van der Waals surface area (Å²) in [5.41, 5.74) is 2.71. The number of hydrogen-bond donors (Lipinski definition) is 1. The molecule has 1 unspecified atom stereocenters. The highest BCUT2D eigenvalue weighted by Crippen LogP contribution is 2.34. The molecule has 1 atom stereocenters. The van der Waals surface area contributed by atoms with Crippen molar-refractivity contribution in [1.82, 2.24) is 5.32 Å².